The highest BCUT2D eigenvalue weighted by atomic mass is 32.2. The first-order valence-corrected chi connectivity index (χ1v) is 5.84. The lowest BCUT2D eigenvalue weighted by molar-refractivity contribution is 0.184. The van der Waals surface area contributed by atoms with Crippen LogP contribution in [-0.4, -0.2) is 35.3 Å². The zero-order valence-corrected chi connectivity index (χ0v) is 8.57. The molecule has 3 heteroatoms. The van der Waals surface area contributed by atoms with E-state index in [9.17, 15) is 0 Å². The number of nitrogens with one attached hydrogen (secondary N) is 1. The summed E-state index contributed by atoms with van der Waals surface area (Å²) in [7, 11) is 0. The van der Waals surface area contributed by atoms with Gasteiger partial charge >= 0.3 is 0 Å². The fourth-order valence-electron chi connectivity index (χ4n) is 1.38. The largest absolute Gasteiger partial charge is 0.393 e. The fraction of sp³-hybridized carbons (Fsp3) is 1.00. The Hall–Kier alpha value is 0.270. The maximum Gasteiger partial charge on any atom is 0.0524 e. The lowest BCUT2D eigenvalue weighted by atomic mass is 10.2. The number of thioether (sulfide) groups is 1. The molecule has 1 aliphatic rings. The van der Waals surface area contributed by atoms with E-state index in [1.165, 1.54) is 18.6 Å². The minimum atomic E-state index is -0.159. The number of aliphatic hydroxyl groups is 1. The molecule has 2 unspecified atom stereocenters. The molecule has 0 aromatic rings. The topological polar surface area (TPSA) is 32.3 Å². The quantitative estimate of drug-likeness (QED) is 0.638. The second-order valence-corrected chi connectivity index (χ2v) is 4.89. The average molecular weight is 189 g/mol. The second-order valence-electron chi connectivity index (χ2n) is 3.48. The van der Waals surface area contributed by atoms with Crippen LogP contribution in [0.5, 0.6) is 0 Å². The van der Waals surface area contributed by atoms with Gasteiger partial charge in [0.05, 0.1) is 6.10 Å². The number of hydrogen-bond donors (Lipinski definition) is 2. The van der Waals surface area contributed by atoms with E-state index < -0.39 is 0 Å². The molecule has 1 heterocycles. The van der Waals surface area contributed by atoms with Crippen LogP contribution in [0.25, 0.3) is 0 Å². The van der Waals surface area contributed by atoms with Crippen LogP contribution in [0.15, 0.2) is 0 Å². The standard InChI is InChI=1S/C9H19NOS/c1-8(11)4-5-10-7-9-3-2-6-12-9/h8-11H,2-7H2,1H3. The van der Waals surface area contributed by atoms with Gasteiger partial charge in [-0.3, -0.25) is 0 Å². The summed E-state index contributed by atoms with van der Waals surface area (Å²) in [6.45, 7) is 3.91. The van der Waals surface area contributed by atoms with Gasteiger partial charge in [-0.25, -0.2) is 0 Å². The summed E-state index contributed by atoms with van der Waals surface area (Å²) in [5.74, 6) is 1.34. The van der Waals surface area contributed by atoms with Crippen LogP contribution in [0.1, 0.15) is 26.2 Å². The Labute approximate surface area is 79.1 Å². The molecule has 2 N–H and O–H groups in total. The first-order valence-electron chi connectivity index (χ1n) is 4.79. The summed E-state index contributed by atoms with van der Waals surface area (Å²) >= 11 is 2.08. The molecule has 2 nitrogen and oxygen atoms in total. The molecular formula is C9H19NOS. The lowest BCUT2D eigenvalue weighted by Gasteiger charge is -2.10. The highest BCUT2D eigenvalue weighted by molar-refractivity contribution is 8.00. The summed E-state index contributed by atoms with van der Waals surface area (Å²) in [5.41, 5.74) is 0. The van der Waals surface area contributed by atoms with Crippen LogP contribution >= 0.6 is 11.8 Å². The molecule has 72 valence electrons. The van der Waals surface area contributed by atoms with Crippen LogP contribution in [0.4, 0.5) is 0 Å². The van der Waals surface area contributed by atoms with E-state index in [0.29, 0.717) is 0 Å². The van der Waals surface area contributed by atoms with E-state index >= 15 is 0 Å². The minimum absolute atomic E-state index is 0.159. The molecule has 1 fully saturated rings. The molecule has 1 rings (SSSR count). The van der Waals surface area contributed by atoms with Crippen molar-refractivity contribution in [1.82, 2.24) is 5.32 Å². The van der Waals surface area contributed by atoms with Crippen molar-refractivity contribution < 1.29 is 5.11 Å². The SMILES string of the molecule is CC(O)CCNCC1CCCS1. The number of aliphatic hydroxyl groups excluding tert-OH is 1. The normalized spacial score (nSPS) is 26.0. The second kappa shape index (κ2) is 5.84. The highest BCUT2D eigenvalue weighted by Crippen LogP contribution is 2.25. The number of hydrogen-bond acceptors (Lipinski definition) is 3. The zero-order chi connectivity index (χ0) is 8.81. The molecule has 0 bridgehead atoms. The third-order valence-corrected chi connectivity index (χ3v) is 3.53. The average Bonchev–Trinajstić information content (AvgIpc) is 2.49. The molecule has 0 aromatic heterocycles. The van der Waals surface area contributed by atoms with Crippen molar-refractivity contribution >= 4 is 11.8 Å². The predicted molar refractivity (Wildman–Crippen MR) is 54.6 cm³/mol. The van der Waals surface area contributed by atoms with Gasteiger partial charge in [0.1, 0.15) is 0 Å². The maximum absolute atomic E-state index is 9.00. The van der Waals surface area contributed by atoms with Gasteiger partial charge in [0.25, 0.3) is 0 Å². The van der Waals surface area contributed by atoms with Crippen molar-refractivity contribution in [3.8, 4) is 0 Å². The van der Waals surface area contributed by atoms with Crippen LogP contribution < -0.4 is 5.32 Å². The van der Waals surface area contributed by atoms with Gasteiger partial charge in [0, 0.05) is 11.8 Å². The number of rotatable bonds is 5. The van der Waals surface area contributed by atoms with Gasteiger partial charge in [0.15, 0.2) is 0 Å². The molecular weight excluding hydrogens is 170 g/mol. The Morgan fingerprint density at radius 3 is 3.08 bits per heavy atom. The van der Waals surface area contributed by atoms with Crippen molar-refractivity contribution in [2.75, 3.05) is 18.8 Å². The molecule has 0 spiro atoms. The van der Waals surface area contributed by atoms with E-state index in [0.717, 1.165) is 24.8 Å². The van der Waals surface area contributed by atoms with Crippen LogP contribution in [-0.2, 0) is 0 Å². The molecule has 0 aliphatic carbocycles. The smallest absolute Gasteiger partial charge is 0.0524 e. The molecule has 0 amide bonds. The zero-order valence-electron chi connectivity index (χ0n) is 7.75. The summed E-state index contributed by atoms with van der Waals surface area (Å²) < 4.78 is 0. The summed E-state index contributed by atoms with van der Waals surface area (Å²) in [6, 6.07) is 0. The van der Waals surface area contributed by atoms with Crippen molar-refractivity contribution in [2.24, 2.45) is 0 Å². The minimum Gasteiger partial charge on any atom is -0.393 e. The van der Waals surface area contributed by atoms with E-state index in [2.05, 4.69) is 17.1 Å². The molecule has 1 aliphatic heterocycles. The van der Waals surface area contributed by atoms with Gasteiger partial charge in [-0.1, -0.05) is 0 Å². The Morgan fingerprint density at radius 2 is 2.50 bits per heavy atom. The van der Waals surface area contributed by atoms with Crippen molar-refractivity contribution in [1.29, 1.82) is 0 Å². The maximum atomic E-state index is 9.00. The van der Waals surface area contributed by atoms with Gasteiger partial charge < -0.3 is 10.4 Å². The van der Waals surface area contributed by atoms with E-state index in [1.54, 1.807) is 0 Å². The third-order valence-electron chi connectivity index (χ3n) is 2.13. The Morgan fingerprint density at radius 1 is 1.67 bits per heavy atom. The van der Waals surface area contributed by atoms with Crippen molar-refractivity contribution in [3.63, 3.8) is 0 Å². The van der Waals surface area contributed by atoms with Gasteiger partial charge in [-0.05, 0) is 38.5 Å². The first kappa shape index (κ1) is 10.4. The predicted octanol–water partition coefficient (Wildman–Crippen LogP) is 1.24. The Kier molecular flexibility index (Phi) is 5.04. The van der Waals surface area contributed by atoms with Crippen LogP contribution in [0, 0.1) is 0 Å². The summed E-state index contributed by atoms with van der Waals surface area (Å²) in [6.07, 6.45) is 3.46. The van der Waals surface area contributed by atoms with Crippen molar-refractivity contribution in [2.45, 2.75) is 37.5 Å². The summed E-state index contributed by atoms with van der Waals surface area (Å²) in [5, 5.41) is 13.2. The van der Waals surface area contributed by atoms with Crippen LogP contribution in [0.3, 0.4) is 0 Å². The molecule has 2 atom stereocenters. The third kappa shape index (κ3) is 4.33. The van der Waals surface area contributed by atoms with E-state index in [1.807, 2.05) is 6.92 Å². The van der Waals surface area contributed by atoms with Crippen molar-refractivity contribution in [3.05, 3.63) is 0 Å². The Balaban J connectivity index is 1.88. The molecule has 0 aromatic carbocycles. The van der Waals surface area contributed by atoms with Gasteiger partial charge in [0.2, 0.25) is 0 Å². The van der Waals surface area contributed by atoms with Gasteiger partial charge in [-0.2, -0.15) is 11.8 Å². The Bertz CT molecular complexity index is 113. The van der Waals surface area contributed by atoms with E-state index in [4.69, 9.17) is 5.11 Å². The lowest BCUT2D eigenvalue weighted by Crippen LogP contribution is -2.25. The summed E-state index contributed by atoms with van der Waals surface area (Å²) in [4.78, 5) is 0. The highest BCUT2D eigenvalue weighted by Gasteiger charge is 2.14. The molecule has 0 radical (unpaired) electrons. The van der Waals surface area contributed by atoms with Crippen LogP contribution in [0.2, 0.25) is 0 Å². The molecule has 1 saturated heterocycles. The first-order chi connectivity index (χ1) is 5.79. The van der Waals surface area contributed by atoms with E-state index in [-0.39, 0.29) is 6.10 Å². The molecule has 12 heavy (non-hydrogen) atoms. The fourth-order valence-corrected chi connectivity index (χ4v) is 2.62. The monoisotopic (exact) mass is 189 g/mol. The van der Waals surface area contributed by atoms with Gasteiger partial charge in [-0.15, -0.1) is 0 Å². The molecule has 0 saturated carbocycles.